The molecule has 18 nitrogen and oxygen atoms in total. The number of unbranched alkanes of at least 4 members (excludes halogenated alkanes) is 2. The van der Waals surface area contributed by atoms with Crippen LogP contribution in [0.25, 0.3) is 21.5 Å². The first-order valence-corrected chi connectivity index (χ1v) is 26.2. The lowest BCUT2D eigenvalue weighted by Gasteiger charge is -2.30. The third-order valence-corrected chi connectivity index (χ3v) is 15.6. The van der Waals surface area contributed by atoms with E-state index < -0.39 is 76.9 Å². The van der Waals surface area contributed by atoms with Crippen LogP contribution in [-0.4, -0.2) is 114 Å². The van der Waals surface area contributed by atoms with E-state index in [1.165, 1.54) is 32.4 Å². The molecule has 0 radical (unpaired) electrons. The highest BCUT2D eigenvalue weighted by atomic mass is 32.2. The molecule has 0 bridgehead atoms. The second-order valence-corrected chi connectivity index (χ2v) is 22.4. The summed E-state index contributed by atoms with van der Waals surface area (Å²) in [5.74, 6) is -0.927. The smallest absolute Gasteiger partial charge is 0.303 e. The Kier molecular flexibility index (Phi) is 14.3. The van der Waals surface area contributed by atoms with Gasteiger partial charge in [-0.25, -0.2) is 0 Å². The Morgan fingerprint density at radius 1 is 0.682 bits per heavy atom. The lowest BCUT2D eigenvalue weighted by Crippen LogP contribution is -2.31. The van der Waals surface area contributed by atoms with E-state index in [9.17, 15) is 61.8 Å². The van der Waals surface area contributed by atoms with Crippen LogP contribution in [0.15, 0.2) is 104 Å². The number of fused-ring (bicyclic) bond motifs is 6. The lowest BCUT2D eigenvalue weighted by molar-refractivity contribution is -0.438. The maximum absolute atomic E-state index is 12.6. The minimum Gasteiger partial charge on any atom is -0.481 e. The average Bonchev–Trinajstić information content (AvgIpc) is 3.58. The molecule has 66 heavy (non-hydrogen) atoms. The number of carboxylic acid groups (broad SMARTS) is 1. The normalized spacial score (nSPS) is 18.4. The van der Waals surface area contributed by atoms with Crippen molar-refractivity contribution in [2.24, 2.45) is 0 Å². The molecule has 4 aromatic rings. The van der Waals surface area contributed by atoms with Gasteiger partial charge >= 0.3 is 5.97 Å². The topological polar surface area (TPSA) is 279 Å². The number of hydrogen-bond acceptors (Lipinski definition) is 12. The molecule has 22 heteroatoms. The van der Waals surface area contributed by atoms with Crippen LogP contribution in [0.4, 0.5) is 11.4 Å². The third-order valence-electron chi connectivity index (χ3n) is 12.1. The molecular weight excluding hydrogens is 941 g/mol. The highest BCUT2D eigenvalue weighted by Crippen LogP contribution is 2.54. The molecule has 0 spiro atoms. The Bertz CT molecular complexity index is 3230. The number of anilines is 1. The van der Waals surface area contributed by atoms with Crippen LogP contribution in [0, 0.1) is 0 Å². The summed E-state index contributed by atoms with van der Waals surface area (Å²) in [6.07, 6.45) is 10.7. The maximum atomic E-state index is 12.6. The number of nitrogens with zero attached hydrogens (tertiary/aromatic N) is 2. The summed E-state index contributed by atoms with van der Waals surface area (Å²) in [7, 11) is -16.8. The number of allylic oxidation sites excluding steroid dienone is 6. The zero-order valence-electron chi connectivity index (χ0n) is 36.6. The fraction of sp³-hybridized carbons (Fsp3) is 0.364. The first kappa shape index (κ1) is 50.5. The molecule has 0 aromatic heterocycles. The Hall–Kier alpha value is -4.88. The van der Waals surface area contributed by atoms with Crippen molar-refractivity contribution >= 4 is 85.1 Å². The summed E-state index contributed by atoms with van der Waals surface area (Å²) >= 11 is 0. The fourth-order valence-corrected chi connectivity index (χ4v) is 11.8. The first-order valence-electron chi connectivity index (χ1n) is 20.5. The van der Waals surface area contributed by atoms with Gasteiger partial charge in [-0.15, -0.1) is 0 Å². The van der Waals surface area contributed by atoms with Crippen molar-refractivity contribution in [3.05, 3.63) is 95.7 Å². The lowest BCUT2D eigenvalue weighted by atomic mass is 9.76. The van der Waals surface area contributed by atoms with Crippen LogP contribution in [0.3, 0.4) is 0 Å². The average molecular weight is 992 g/mol. The predicted molar refractivity (Wildman–Crippen MR) is 246 cm³/mol. The van der Waals surface area contributed by atoms with Crippen molar-refractivity contribution in [3.8, 4) is 0 Å². The van der Waals surface area contributed by atoms with Gasteiger partial charge in [-0.2, -0.15) is 38.2 Å². The number of carboxylic acids is 1. The zero-order chi connectivity index (χ0) is 48.8. The molecule has 4 aromatic carbocycles. The zero-order valence-corrected chi connectivity index (χ0v) is 39.9. The van der Waals surface area contributed by atoms with Crippen LogP contribution in [-0.2, 0) is 65.6 Å². The van der Waals surface area contributed by atoms with Crippen LogP contribution in [0.1, 0.15) is 64.0 Å². The summed E-state index contributed by atoms with van der Waals surface area (Å²) in [4.78, 5) is 10.3. The molecule has 1 atom stereocenters. The molecule has 5 N–H and O–H groups in total. The van der Waals surface area contributed by atoms with Crippen molar-refractivity contribution in [3.63, 3.8) is 0 Å². The SMILES string of the molecule is COCCN1C(=CC=CC=CC2=[N+](CCCCCC(=O)O)c3ccc4c(S(=O)(=O)O)cc(S(=O)(=O)O)cc4c3C2(C)C)C(C)(CCOC)c2c1ccc1c(S(=O)(=O)O)cc(S(=O)(=O)O)cc21. The molecule has 2 aliphatic heterocycles. The van der Waals surface area contributed by atoms with E-state index in [4.69, 9.17) is 9.47 Å². The van der Waals surface area contributed by atoms with Gasteiger partial charge in [-0.1, -0.05) is 24.3 Å². The predicted octanol–water partition coefficient (Wildman–Crippen LogP) is 6.46. The number of aliphatic carboxylic acids is 1. The van der Waals surface area contributed by atoms with Crippen molar-refractivity contribution in [2.45, 2.75) is 83.3 Å². The fourth-order valence-electron chi connectivity index (χ4n) is 9.17. The van der Waals surface area contributed by atoms with Crippen LogP contribution in [0.5, 0.6) is 0 Å². The molecule has 0 saturated carbocycles. The number of ether oxygens (including phenoxy) is 2. The van der Waals surface area contributed by atoms with Gasteiger partial charge in [0.25, 0.3) is 40.5 Å². The molecule has 2 heterocycles. The molecule has 0 amide bonds. The Morgan fingerprint density at radius 3 is 1.77 bits per heavy atom. The maximum Gasteiger partial charge on any atom is 0.303 e. The molecule has 0 saturated heterocycles. The molecule has 6 rings (SSSR count). The van der Waals surface area contributed by atoms with Crippen molar-refractivity contribution < 1.29 is 75.8 Å². The van der Waals surface area contributed by atoms with Crippen molar-refractivity contribution in [2.75, 3.05) is 45.4 Å². The summed E-state index contributed by atoms with van der Waals surface area (Å²) in [5, 5.41) is 9.56. The number of hydrogen-bond donors (Lipinski definition) is 5. The summed E-state index contributed by atoms with van der Waals surface area (Å²) in [6.45, 7) is 6.72. The summed E-state index contributed by atoms with van der Waals surface area (Å²) < 4.78 is 154. The number of rotatable bonds is 19. The van der Waals surface area contributed by atoms with Gasteiger partial charge in [-0.3, -0.25) is 23.0 Å². The van der Waals surface area contributed by atoms with E-state index in [0.29, 0.717) is 84.8 Å². The Labute approximate surface area is 383 Å². The van der Waals surface area contributed by atoms with Crippen molar-refractivity contribution in [1.82, 2.24) is 0 Å². The molecule has 356 valence electrons. The molecule has 0 aliphatic carbocycles. The van der Waals surface area contributed by atoms with Gasteiger partial charge < -0.3 is 19.5 Å². The number of carbonyl (C=O) groups is 1. The minimum atomic E-state index is -4.98. The minimum absolute atomic E-state index is 0.0216. The van der Waals surface area contributed by atoms with E-state index in [1.807, 2.05) is 42.4 Å². The van der Waals surface area contributed by atoms with E-state index in [0.717, 1.165) is 6.07 Å². The van der Waals surface area contributed by atoms with Gasteiger partial charge in [0, 0.05) is 85.5 Å². The van der Waals surface area contributed by atoms with Crippen LogP contribution in [0.2, 0.25) is 0 Å². The van der Waals surface area contributed by atoms with Gasteiger partial charge in [0.2, 0.25) is 5.69 Å². The highest BCUT2D eigenvalue weighted by Gasteiger charge is 2.47. The molecular formula is C44H51N2O16S4+. The Morgan fingerprint density at radius 2 is 1.24 bits per heavy atom. The van der Waals surface area contributed by atoms with Gasteiger partial charge in [0.1, 0.15) is 16.3 Å². The number of methoxy groups -OCH3 is 2. The second kappa shape index (κ2) is 18.7. The van der Waals surface area contributed by atoms with Gasteiger partial charge in [0.05, 0.1) is 21.8 Å². The Balaban J connectivity index is 1.50. The van der Waals surface area contributed by atoms with Gasteiger partial charge in [0.15, 0.2) is 5.71 Å². The summed E-state index contributed by atoms with van der Waals surface area (Å²) in [5.41, 5.74) is 1.64. The first-order chi connectivity index (χ1) is 30.7. The van der Waals surface area contributed by atoms with Gasteiger partial charge in [-0.05, 0) is 98.8 Å². The van der Waals surface area contributed by atoms with Crippen LogP contribution < -0.4 is 4.90 Å². The third kappa shape index (κ3) is 9.89. The van der Waals surface area contributed by atoms with E-state index >= 15 is 0 Å². The largest absolute Gasteiger partial charge is 0.481 e. The summed E-state index contributed by atoms with van der Waals surface area (Å²) in [6, 6.07) is 9.96. The van der Waals surface area contributed by atoms with E-state index in [1.54, 1.807) is 30.4 Å². The van der Waals surface area contributed by atoms with Crippen molar-refractivity contribution in [1.29, 1.82) is 0 Å². The monoisotopic (exact) mass is 991 g/mol. The standard InChI is InChI=1S/C44H50N2O16S4/c1-43(2)38(45(20-11-7-10-14-40(47)48)34-17-15-30-32(41(34)43)24-28(63(49,50)51)26-36(30)65(55,56)57)12-8-6-9-13-39-44(3,19-22-61-4)42-33-25-29(64(52,53)54)27-37(66(58,59)60)31(33)16-18-35(42)46(39)21-23-62-5/h6,8-9,12-13,15-18,24-27H,7,10-11,14,19-23H2,1-5H3,(H4-,47,48,49,50,51,52,53,54,55,56,57,58,59,60)/p+1. The molecule has 0 fully saturated rings. The molecule has 2 aliphatic rings. The van der Waals surface area contributed by atoms with E-state index in [2.05, 4.69) is 0 Å². The highest BCUT2D eigenvalue weighted by molar-refractivity contribution is 7.87. The molecule has 1 unspecified atom stereocenters. The number of benzene rings is 4. The van der Waals surface area contributed by atoms with Crippen LogP contribution >= 0.6 is 0 Å². The van der Waals surface area contributed by atoms with E-state index in [-0.39, 0.29) is 41.2 Å². The second-order valence-electron chi connectivity index (χ2n) is 16.7. The quantitative estimate of drug-likeness (QED) is 0.0292.